The van der Waals surface area contributed by atoms with E-state index in [0.717, 1.165) is 0 Å². The van der Waals surface area contributed by atoms with Gasteiger partial charge in [0.2, 0.25) is 15.7 Å². The van der Waals surface area contributed by atoms with Crippen LogP contribution in [-0.2, 0) is 23.9 Å². The van der Waals surface area contributed by atoms with Gasteiger partial charge < -0.3 is 9.47 Å². The number of halogens is 3. The van der Waals surface area contributed by atoms with Crippen molar-refractivity contribution < 1.29 is 23.9 Å². The second-order valence-electron chi connectivity index (χ2n) is 4.22. The largest absolute Gasteiger partial charge is 0.366 e. The number of rotatable bonds is 7. The van der Waals surface area contributed by atoms with Crippen molar-refractivity contribution in [1.29, 1.82) is 0 Å². The van der Waals surface area contributed by atoms with Crippen LogP contribution in [0.15, 0.2) is 0 Å². The molecule has 5 nitrogen and oxygen atoms in total. The van der Waals surface area contributed by atoms with Crippen LogP contribution in [0, 0.1) is 5.92 Å². The predicted octanol–water partition coefficient (Wildman–Crippen LogP) is 1.85. The lowest BCUT2D eigenvalue weighted by atomic mass is 9.86. The van der Waals surface area contributed by atoms with Crippen molar-refractivity contribution >= 4 is 50.5 Å². The molecule has 0 aromatic heterocycles. The summed E-state index contributed by atoms with van der Waals surface area (Å²) in [6.07, 6.45) is 0.436. The fourth-order valence-corrected chi connectivity index (χ4v) is 2.34. The van der Waals surface area contributed by atoms with Crippen LogP contribution in [0.1, 0.15) is 19.3 Å². The first kappa shape index (κ1) is 16.9. The van der Waals surface area contributed by atoms with E-state index in [1.54, 1.807) is 0 Å². The van der Waals surface area contributed by atoms with Crippen LogP contribution in [0.25, 0.3) is 0 Å². The Hall–Kier alpha value is -0.200. The molecule has 3 atom stereocenters. The quantitative estimate of drug-likeness (QED) is 0.666. The Bertz CT molecular complexity index is 360. The van der Waals surface area contributed by atoms with E-state index in [9.17, 15) is 14.4 Å². The minimum Gasteiger partial charge on any atom is -0.366 e. The molecule has 0 amide bonds. The minimum absolute atomic E-state index is 0.250. The van der Waals surface area contributed by atoms with Crippen molar-refractivity contribution in [2.45, 2.75) is 31.5 Å². The zero-order chi connectivity index (χ0) is 14.4. The molecule has 1 fully saturated rings. The summed E-state index contributed by atoms with van der Waals surface area (Å²) in [5, 5.41) is -1.72. The molecule has 108 valence electrons. The van der Waals surface area contributed by atoms with Gasteiger partial charge in [-0.3, -0.25) is 14.4 Å². The molecule has 0 N–H and O–H groups in total. The number of carbonyl (C=O) groups is 3. The lowest BCUT2D eigenvalue weighted by molar-refractivity contribution is -0.139. The molecular formula is C11H13Cl3O5. The summed E-state index contributed by atoms with van der Waals surface area (Å²) in [7, 11) is 0. The zero-order valence-corrected chi connectivity index (χ0v) is 12.2. The summed E-state index contributed by atoms with van der Waals surface area (Å²) in [5.41, 5.74) is 0. The fraction of sp³-hybridized carbons (Fsp3) is 0.727. The topological polar surface area (TPSA) is 69.7 Å². The minimum atomic E-state index is -0.647. The summed E-state index contributed by atoms with van der Waals surface area (Å²) >= 11 is 15.9. The van der Waals surface area contributed by atoms with Crippen LogP contribution in [0.3, 0.4) is 0 Å². The van der Waals surface area contributed by atoms with E-state index in [1.165, 1.54) is 0 Å². The molecular weight excluding hydrogens is 318 g/mol. The van der Waals surface area contributed by atoms with Crippen LogP contribution in [0.4, 0.5) is 0 Å². The van der Waals surface area contributed by atoms with E-state index in [0.29, 0.717) is 19.3 Å². The summed E-state index contributed by atoms with van der Waals surface area (Å²) in [6.45, 7) is -0.537. The molecule has 3 unspecified atom stereocenters. The van der Waals surface area contributed by atoms with Crippen molar-refractivity contribution in [3.63, 3.8) is 0 Å². The van der Waals surface area contributed by atoms with Gasteiger partial charge in [0.25, 0.3) is 0 Å². The van der Waals surface area contributed by atoms with E-state index < -0.39 is 27.9 Å². The van der Waals surface area contributed by atoms with E-state index in [-0.39, 0.29) is 19.1 Å². The summed E-state index contributed by atoms with van der Waals surface area (Å²) < 4.78 is 10.6. The first-order valence-electron chi connectivity index (χ1n) is 5.69. The maximum Gasteiger partial charge on any atom is 0.247 e. The van der Waals surface area contributed by atoms with Crippen LogP contribution < -0.4 is 0 Å². The molecule has 0 heterocycles. The molecule has 0 aromatic carbocycles. The molecule has 0 aliphatic heterocycles. The Morgan fingerprint density at radius 2 is 1.42 bits per heavy atom. The van der Waals surface area contributed by atoms with Gasteiger partial charge in [-0.2, -0.15) is 0 Å². The zero-order valence-electron chi connectivity index (χ0n) is 9.94. The first-order valence-corrected chi connectivity index (χ1v) is 6.82. The maximum absolute atomic E-state index is 11.2. The number of carbonyl (C=O) groups excluding carboxylic acids is 3. The molecule has 19 heavy (non-hydrogen) atoms. The van der Waals surface area contributed by atoms with Crippen LogP contribution in [0.5, 0.6) is 0 Å². The van der Waals surface area contributed by atoms with Crippen molar-refractivity contribution in [3.05, 3.63) is 0 Å². The smallest absolute Gasteiger partial charge is 0.247 e. The molecule has 1 saturated carbocycles. The van der Waals surface area contributed by atoms with Gasteiger partial charge in [0.05, 0.1) is 12.2 Å². The van der Waals surface area contributed by atoms with E-state index >= 15 is 0 Å². The lowest BCUT2D eigenvalue weighted by Gasteiger charge is -2.34. The molecule has 0 bridgehead atoms. The Morgan fingerprint density at radius 3 is 1.89 bits per heavy atom. The van der Waals surface area contributed by atoms with Crippen molar-refractivity contribution in [1.82, 2.24) is 0 Å². The second-order valence-corrected chi connectivity index (χ2v) is 5.44. The maximum atomic E-state index is 11.2. The highest BCUT2D eigenvalue weighted by Gasteiger charge is 2.35. The van der Waals surface area contributed by atoms with Crippen molar-refractivity contribution in [2.24, 2.45) is 5.92 Å². The number of ether oxygens (including phenoxy) is 2. The van der Waals surface area contributed by atoms with Crippen LogP contribution in [0.2, 0.25) is 0 Å². The number of hydrogen-bond acceptors (Lipinski definition) is 5. The molecule has 0 radical (unpaired) electrons. The average molecular weight is 332 g/mol. The summed E-state index contributed by atoms with van der Waals surface area (Å²) in [6, 6.07) is 0. The molecule has 0 aromatic rings. The van der Waals surface area contributed by atoms with Crippen LogP contribution in [-0.4, -0.2) is 41.1 Å². The van der Waals surface area contributed by atoms with Gasteiger partial charge >= 0.3 is 0 Å². The Morgan fingerprint density at radius 1 is 0.895 bits per heavy atom. The molecule has 1 aliphatic carbocycles. The lowest BCUT2D eigenvalue weighted by Crippen LogP contribution is -2.40. The third-order valence-electron chi connectivity index (χ3n) is 2.87. The highest BCUT2D eigenvalue weighted by Crippen LogP contribution is 2.30. The fourth-order valence-electron chi connectivity index (χ4n) is 2.02. The van der Waals surface area contributed by atoms with Crippen molar-refractivity contribution in [3.8, 4) is 0 Å². The summed E-state index contributed by atoms with van der Waals surface area (Å²) in [4.78, 5) is 32.5. The molecule has 0 saturated heterocycles. The normalized spacial score (nSPS) is 27.0. The standard InChI is InChI=1S/C11H13Cl3O5/c12-9(15)4-18-7-2-1-6(11(14)17)3-8(7)19-5-10(13)16/h6-8H,1-5H2. The predicted molar refractivity (Wildman–Crippen MR) is 69.4 cm³/mol. The third kappa shape index (κ3) is 6.19. The second kappa shape index (κ2) is 8.17. The SMILES string of the molecule is O=C(Cl)COC1CCC(C(=O)Cl)CC1OCC(=O)Cl. The van der Waals surface area contributed by atoms with Gasteiger partial charge in [0, 0.05) is 5.92 Å². The molecule has 1 rings (SSSR count). The van der Waals surface area contributed by atoms with Gasteiger partial charge in [-0.25, -0.2) is 0 Å². The van der Waals surface area contributed by atoms with Gasteiger partial charge in [-0.05, 0) is 54.1 Å². The highest BCUT2D eigenvalue weighted by atomic mass is 35.5. The Labute approximate surface area is 125 Å². The molecule has 1 aliphatic rings. The monoisotopic (exact) mass is 330 g/mol. The molecule has 8 heteroatoms. The first-order chi connectivity index (χ1) is 8.90. The third-order valence-corrected chi connectivity index (χ3v) is 3.40. The average Bonchev–Trinajstić information content (AvgIpc) is 2.33. The summed E-state index contributed by atoms with van der Waals surface area (Å²) in [5.74, 6) is -0.344. The van der Waals surface area contributed by atoms with Gasteiger partial charge in [0.15, 0.2) is 0 Å². The van der Waals surface area contributed by atoms with Gasteiger partial charge in [0.1, 0.15) is 13.2 Å². The van der Waals surface area contributed by atoms with Gasteiger partial charge in [-0.15, -0.1) is 0 Å². The van der Waals surface area contributed by atoms with Crippen LogP contribution >= 0.6 is 34.8 Å². The Balaban J connectivity index is 2.58. The number of hydrogen-bond donors (Lipinski definition) is 0. The molecule has 0 spiro atoms. The Kier molecular flexibility index (Phi) is 7.25. The van der Waals surface area contributed by atoms with Crippen molar-refractivity contribution in [2.75, 3.05) is 13.2 Å². The van der Waals surface area contributed by atoms with Gasteiger partial charge in [-0.1, -0.05) is 0 Å². The van der Waals surface area contributed by atoms with E-state index in [1.807, 2.05) is 0 Å². The van der Waals surface area contributed by atoms with E-state index in [2.05, 4.69) is 0 Å². The highest BCUT2D eigenvalue weighted by molar-refractivity contribution is 6.64. The van der Waals surface area contributed by atoms with E-state index in [4.69, 9.17) is 44.3 Å².